The summed E-state index contributed by atoms with van der Waals surface area (Å²) in [6.45, 7) is 3.77. The van der Waals surface area contributed by atoms with Crippen molar-refractivity contribution in [2.24, 2.45) is 14.1 Å². The Morgan fingerprint density at radius 2 is 1.76 bits per heavy atom. The van der Waals surface area contributed by atoms with Gasteiger partial charge in [0.2, 0.25) is 0 Å². The molecular formula is C10H14N4O2S. The molecule has 7 heteroatoms. The molecule has 0 fully saturated rings. The maximum absolute atomic E-state index is 12.0. The fraction of sp³-hybridized carbons (Fsp3) is 0.500. The monoisotopic (exact) mass is 254 g/mol. The SMILES string of the molecule is CC(C)n1c(=O)n(C)c(=O)c2c1[nH]c(=S)n2C. The Morgan fingerprint density at radius 3 is 2.29 bits per heavy atom. The van der Waals surface area contributed by atoms with E-state index in [0.717, 1.165) is 4.57 Å². The molecule has 0 aliphatic heterocycles. The summed E-state index contributed by atoms with van der Waals surface area (Å²) in [6.07, 6.45) is 0. The highest BCUT2D eigenvalue weighted by atomic mass is 32.1. The minimum atomic E-state index is -0.339. The molecule has 0 aliphatic rings. The van der Waals surface area contributed by atoms with Crippen LogP contribution < -0.4 is 11.2 Å². The van der Waals surface area contributed by atoms with E-state index in [-0.39, 0.29) is 17.3 Å². The molecule has 1 N–H and O–H groups in total. The van der Waals surface area contributed by atoms with Crippen LogP contribution in [0, 0.1) is 4.77 Å². The molecule has 17 heavy (non-hydrogen) atoms. The van der Waals surface area contributed by atoms with Crippen LogP contribution in [0.2, 0.25) is 0 Å². The Labute approximate surface area is 102 Å². The molecule has 0 radical (unpaired) electrons. The van der Waals surface area contributed by atoms with Gasteiger partial charge in [-0.3, -0.25) is 13.9 Å². The van der Waals surface area contributed by atoms with E-state index in [1.165, 1.54) is 11.6 Å². The van der Waals surface area contributed by atoms with Gasteiger partial charge in [-0.2, -0.15) is 0 Å². The number of rotatable bonds is 1. The summed E-state index contributed by atoms with van der Waals surface area (Å²) < 4.78 is 4.65. The topological polar surface area (TPSA) is 64.7 Å². The lowest BCUT2D eigenvalue weighted by Crippen LogP contribution is -2.39. The van der Waals surface area contributed by atoms with Crippen LogP contribution in [0.15, 0.2) is 9.59 Å². The van der Waals surface area contributed by atoms with E-state index >= 15 is 0 Å². The lowest BCUT2D eigenvalue weighted by Gasteiger charge is -2.12. The molecule has 0 saturated heterocycles. The molecule has 0 bridgehead atoms. The first-order valence-corrected chi connectivity index (χ1v) is 5.67. The van der Waals surface area contributed by atoms with Crippen molar-refractivity contribution in [3.8, 4) is 0 Å². The van der Waals surface area contributed by atoms with Gasteiger partial charge in [0, 0.05) is 20.1 Å². The maximum Gasteiger partial charge on any atom is 0.332 e. The van der Waals surface area contributed by atoms with Gasteiger partial charge in [0.25, 0.3) is 5.56 Å². The minimum absolute atomic E-state index is 0.0511. The van der Waals surface area contributed by atoms with Crippen molar-refractivity contribution in [1.29, 1.82) is 0 Å². The highest BCUT2D eigenvalue weighted by Crippen LogP contribution is 2.10. The van der Waals surface area contributed by atoms with Crippen molar-refractivity contribution in [1.82, 2.24) is 18.7 Å². The third-order valence-electron chi connectivity index (χ3n) is 2.85. The summed E-state index contributed by atoms with van der Waals surface area (Å²) in [7, 11) is 3.18. The van der Waals surface area contributed by atoms with Crippen molar-refractivity contribution in [2.75, 3.05) is 0 Å². The summed E-state index contributed by atoms with van der Waals surface area (Å²) in [5, 5.41) is 0. The molecule has 92 valence electrons. The lowest BCUT2D eigenvalue weighted by molar-refractivity contribution is 0.552. The molecule has 0 amide bonds. The van der Waals surface area contributed by atoms with Crippen molar-refractivity contribution >= 4 is 23.4 Å². The molecule has 2 aromatic rings. The van der Waals surface area contributed by atoms with Gasteiger partial charge in [0.1, 0.15) is 5.65 Å². The van der Waals surface area contributed by atoms with Crippen molar-refractivity contribution in [3.63, 3.8) is 0 Å². The standard InChI is InChI=1S/C10H14N4O2S/c1-5(2)14-7-6(12(3)9(17)11-7)8(15)13(4)10(14)16/h5H,1-4H3,(H,11,17). The largest absolute Gasteiger partial charge is 0.332 e. The highest BCUT2D eigenvalue weighted by Gasteiger charge is 2.16. The number of aryl methyl sites for hydroxylation is 1. The fourth-order valence-corrected chi connectivity index (χ4v) is 2.09. The lowest BCUT2D eigenvalue weighted by atomic mass is 10.3. The van der Waals surface area contributed by atoms with Gasteiger partial charge in [0.15, 0.2) is 10.3 Å². The number of imidazole rings is 1. The zero-order valence-electron chi connectivity index (χ0n) is 10.1. The Morgan fingerprint density at radius 1 is 1.18 bits per heavy atom. The number of nitrogens with one attached hydrogen (secondary N) is 1. The van der Waals surface area contributed by atoms with E-state index in [1.807, 2.05) is 13.8 Å². The number of aromatic amines is 1. The Kier molecular flexibility index (Phi) is 2.57. The Balaban J connectivity index is 3.22. The summed E-state index contributed by atoms with van der Waals surface area (Å²) in [4.78, 5) is 27.0. The van der Waals surface area contributed by atoms with Gasteiger partial charge in [0.05, 0.1) is 0 Å². The van der Waals surface area contributed by atoms with Gasteiger partial charge >= 0.3 is 5.69 Å². The number of aromatic nitrogens is 4. The second-order valence-electron chi connectivity index (χ2n) is 4.30. The van der Waals surface area contributed by atoms with Gasteiger partial charge in [-0.15, -0.1) is 0 Å². The van der Waals surface area contributed by atoms with Gasteiger partial charge < -0.3 is 9.55 Å². The summed E-state index contributed by atoms with van der Waals surface area (Å²) in [5.74, 6) is 0. The average molecular weight is 254 g/mol. The van der Waals surface area contributed by atoms with E-state index in [4.69, 9.17) is 12.2 Å². The van der Waals surface area contributed by atoms with Crippen LogP contribution in [0.3, 0.4) is 0 Å². The van der Waals surface area contributed by atoms with Crippen LogP contribution in [-0.4, -0.2) is 18.7 Å². The number of nitrogens with zero attached hydrogens (tertiary/aromatic N) is 3. The maximum atomic E-state index is 12.0. The summed E-state index contributed by atoms with van der Waals surface area (Å²) in [5.41, 5.74) is 0.234. The second kappa shape index (κ2) is 3.69. The zero-order chi connectivity index (χ0) is 12.9. The molecule has 0 unspecified atom stereocenters. The van der Waals surface area contributed by atoms with Crippen molar-refractivity contribution in [2.45, 2.75) is 19.9 Å². The van der Waals surface area contributed by atoms with Gasteiger partial charge in [-0.05, 0) is 26.1 Å². The first-order valence-electron chi connectivity index (χ1n) is 5.26. The van der Waals surface area contributed by atoms with Gasteiger partial charge in [-0.25, -0.2) is 4.79 Å². The Hall–Kier alpha value is -1.63. The average Bonchev–Trinajstić information content (AvgIpc) is 2.52. The number of hydrogen-bond donors (Lipinski definition) is 1. The van der Waals surface area contributed by atoms with E-state index in [9.17, 15) is 9.59 Å². The van der Waals surface area contributed by atoms with Crippen LogP contribution >= 0.6 is 12.2 Å². The number of hydrogen-bond acceptors (Lipinski definition) is 3. The third-order valence-corrected chi connectivity index (χ3v) is 3.22. The summed E-state index contributed by atoms with van der Waals surface area (Å²) in [6, 6.07) is -0.0511. The molecule has 0 aromatic carbocycles. The van der Waals surface area contributed by atoms with Crippen LogP contribution in [0.25, 0.3) is 11.2 Å². The predicted molar refractivity (Wildman–Crippen MR) is 68.0 cm³/mol. The quantitative estimate of drug-likeness (QED) is 0.761. The van der Waals surface area contributed by atoms with Crippen LogP contribution in [0.1, 0.15) is 19.9 Å². The van der Waals surface area contributed by atoms with E-state index in [0.29, 0.717) is 15.9 Å². The molecular weight excluding hydrogens is 240 g/mol. The first-order chi connectivity index (χ1) is 7.86. The predicted octanol–water partition coefficient (Wildman–Crippen LogP) is 0.677. The molecule has 0 aliphatic carbocycles. The molecule has 0 spiro atoms. The van der Waals surface area contributed by atoms with Crippen molar-refractivity contribution < 1.29 is 0 Å². The molecule has 0 saturated carbocycles. The second-order valence-corrected chi connectivity index (χ2v) is 4.68. The summed E-state index contributed by atoms with van der Waals surface area (Å²) >= 11 is 5.09. The van der Waals surface area contributed by atoms with Gasteiger partial charge in [-0.1, -0.05) is 0 Å². The highest BCUT2D eigenvalue weighted by molar-refractivity contribution is 7.71. The minimum Gasteiger partial charge on any atom is -0.316 e. The molecule has 2 heterocycles. The van der Waals surface area contributed by atoms with Crippen LogP contribution in [0.5, 0.6) is 0 Å². The van der Waals surface area contributed by atoms with Crippen LogP contribution in [0.4, 0.5) is 0 Å². The van der Waals surface area contributed by atoms with E-state index in [1.54, 1.807) is 11.6 Å². The molecule has 0 atom stereocenters. The zero-order valence-corrected chi connectivity index (χ0v) is 11.0. The fourth-order valence-electron chi connectivity index (χ4n) is 1.91. The molecule has 2 rings (SSSR count). The number of fused-ring (bicyclic) bond motifs is 1. The molecule has 2 aromatic heterocycles. The Bertz CT molecular complexity index is 759. The number of H-pyrrole nitrogens is 1. The molecule has 6 nitrogen and oxygen atoms in total. The third kappa shape index (κ3) is 1.49. The first kappa shape index (κ1) is 11.8. The van der Waals surface area contributed by atoms with Crippen LogP contribution in [-0.2, 0) is 14.1 Å². The van der Waals surface area contributed by atoms with E-state index in [2.05, 4.69) is 4.98 Å². The van der Waals surface area contributed by atoms with E-state index < -0.39 is 0 Å². The normalized spacial score (nSPS) is 11.6. The van der Waals surface area contributed by atoms with Crippen molar-refractivity contribution in [3.05, 3.63) is 25.6 Å². The smallest absolute Gasteiger partial charge is 0.316 e.